The van der Waals surface area contributed by atoms with E-state index in [9.17, 15) is 4.79 Å². The predicted octanol–water partition coefficient (Wildman–Crippen LogP) is 0.756. The first kappa shape index (κ1) is 15.0. The minimum atomic E-state index is -0.150. The van der Waals surface area contributed by atoms with Crippen LogP contribution in [0.1, 0.15) is 10.7 Å². The Bertz CT molecular complexity index is 1260. The van der Waals surface area contributed by atoms with Gasteiger partial charge in [-0.25, -0.2) is 14.3 Å². The zero-order valence-electron chi connectivity index (χ0n) is 13.7. The highest BCUT2D eigenvalue weighted by Crippen LogP contribution is 2.30. The van der Waals surface area contributed by atoms with Crippen LogP contribution < -0.4 is 5.56 Å². The van der Waals surface area contributed by atoms with Crippen LogP contribution in [0, 0.1) is 0 Å². The largest absolute Gasteiger partial charge is 0.323 e. The number of H-pyrrole nitrogens is 1. The van der Waals surface area contributed by atoms with E-state index < -0.39 is 0 Å². The van der Waals surface area contributed by atoms with Crippen molar-refractivity contribution in [1.82, 2.24) is 44.5 Å². The Kier molecular flexibility index (Phi) is 3.22. The highest BCUT2D eigenvalue weighted by molar-refractivity contribution is 7.19. The molecule has 10 nitrogen and oxygen atoms in total. The summed E-state index contributed by atoms with van der Waals surface area (Å²) in [6.07, 6.45) is 6.81. The minimum absolute atomic E-state index is 0.150. The Morgan fingerprint density at radius 2 is 2.19 bits per heavy atom. The molecule has 0 saturated carbocycles. The molecule has 5 aromatic heterocycles. The number of nitrogens with one attached hydrogen (secondary N) is 1. The molecule has 0 amide bonds. The van der Waals surface area contributed by atoms with Crippen LogP contribution >= 0.6 is 11.3 Å². The van der Waals surface area contributed by atoms with Gasteiger partial charge in [-0.3, -0.25) is 9.89 Å². The lowest BCUT2D eigenvalue weighted by atomic mass is 10.3. The lowest BCUT2D eigenvalue weighted by Gasteiger charge is -2.04. The molecule has 130 valence electrons. The number of fused-ring (bicyclic) bond motifs is 3. The molecule has 0 aromatic carbocycles. The zero-order valence-corrected chi connectivity index (χ0v) is 14.5. The highest BCUT2D eigenvalue weighted by atomic mass is 32.1. The standard InChI is InChI=1S/C15H13N9OS/c1-22-12-10(6-18-24(15(12)25)7-9-2-3-16-20-9)13-14(22)19-11(26-13)8-23-5-4-17-21-23/h2-6H,7-8H2,1H3,(H,16,20). The van der Waals surface area contributed by atoms with Crippen LogP contribution in [0.2, 0.25) is 0 Å². The zero-order chi connectivity index (χ0) is 17.7. The van der Waals surface area contributed by atoms with E-state index in [1.807, 2.05) is 17.7 Å². The quantitative estimate of drug-likeness (QED) is 0.502. The molecule has 0 saturated heterocycles. The van der Waals surface area contributed by atoms with Crippen molar-refractivity contribution in [3.63, 3.8) is 0 Å². The monoisotopic (exact) mass is 367 g/mol. The van der Waals surface area contributed by atoms with Crippen LogP contribution in [0.25, 0.3) is 21.3 Å². The number of hydrogen-bond acceptors (Lipinski definition) is 7. The van der Waals surface area contributed by atoms with Crippen molar-refractivity contribution >= 4 is 32.6 Å². The van der Waals surface area contributed by atoms with Crippen molar-refractivity contribution in [2.45, 2.75) is 13.1 Å². The molecule has 0 spiro atoms. The first-order chi connectivity index (χ1) is 12.7. The molecule has 0 atom stereocenters. The number of aromatic amines is 1. The van der Waals surface area contributed by atoms with E-state index >= 15 is 0 Å². The van der Waals surface area contributed by atoms with Gasteiger partial charge in [0, 0.05) is 24.8 Å². The molecular weight excluding hydrogens is 354 g/mol. The average molecular weight is 367 g/mol. The summed E-state index contributed by atoms with van der Waals surface area (Å²) < 4.78 is 5.93. The maximum Gasteiger partial charge on any atom is 0.291 e. The first-order valence-electron chi connectivity index (χ1n) is 7.87. The third kappa shape index (κ3) is 2.24. The van der Waals surface area contributed by atoms with Crippen molar-refractivity contribution in [3.05, 3.63) is 51.9 Å². The second kappa shape index (κ2) is 5.59. The van der Waals surface area contributed by atoms with Crippen molar-refractivity contribution in [2.75, 3.05) is 0 Å². The molecule has 1 N–H and O–H groups in total. The Labute approximate surface area is 149 Å². The van der Waals surface area contributed by atoms with E-state index in [2.05, 4.69) is 30.6 Å². The van der Waals surface area contributed by atoms with Crippen molar-refractivity contribution in [2.24, 2.45) is 7.05 Å². The molecule has 0 fully saturated rings. The van der Waals surface area contributed by atoms with Crippen molar-refractivity contribution < 1.29 is 0 Å². The summed E-state index contributed by atoms with van der Waals surface area (Å²) in [5.41, 5.74) is 2.05. The first-order valence-corrected chi connectivity index (χ1v) is 8.68. The number of thiazole rings is 1. The Hall–Kier alpha value is -3.34. The lowest BCUT2D eigenvalue weighted by Crippen LogP contribution is -2.24. The van der Waals surface area contributed by atoms with Crippen LogP contribution in [-0.4, -0.2) is 44.5 Å². The number of aromatic nitrogens is 9. The Morgan fingerprint density at radius 1 is 1.27 bits per heavy atom. The molecule has 11 heteroatoms. The average Bonchev–Trinajstić information content (AvgIpc) is 3.39. The molecule has 5 heterocycles. The maximum absolute atomic E-state index is 12.9. The Morgan fingerprint density at radius 3 is 2.96 bits per heavy atom. The fraction of sp³-hybridized carbons (Fsp3) is 0.200. The second-order valence-electron chi connectivity index (χ2n) is 5.87. The van der Waals surface area contributed by atoms with Crippen LogP contribution in [0.3, 0.4) is 0 Å². The van der Waals surface area contributed by atoms with Gasteiger partial charge in [-0.2, -0.15) is 10.2 Å². The minimum Gasteiger partial charge on any atom is -0.323 e. The van der Waals surface area contributed by atoms with E-state index in [0.29, 0.717) is 18.6 Å². The number of rotatable bonds is 4. The lowest BCUT2D eigenvalue weighted by molar-refractivity contribution is 0.631. The van der Waals surface area contributed by atoms with Gasteiger partial charge in [0.05, 0.1) is 35.9 Å². The van der Waals surface area contributed by atoms with Crippen molar-refractivity contribution in [1.29, 1.82) is 0 Å². The Balaban J connectivity index is 1.62. The topological polar surface area (TPSA) is 112 Å². The van der Waals surface area contributed by atoms with E-state index in [-0.39, 0.29) is 5.56 Å². The van der Waals surface area contributed by atoms with Gasteiger partial charge < -0.3 is 4.57 Å². The fourth-order valence-electron chi connectivity index (χ4n) is 3.00. The molecule has 0 bridgehead atoms. The number of nitrogens with zero attached hydrogens (tertiary/aromatic N) is 8. The fourth-order valence-corrected chi connectivity index (χ4v) is 4.10. The van der Waals surface area contributed by atoms with Gasteiger partial charge in [0.25, 0.3) is 5.56 Å². The summed E-state index contributed by atoms with van der Waals surface area (Å²) in [5, 5.41) is 20.6. The van der Waals surface area contributed by atoms with E-state index in [0.717, 1.165) is 26.4 Å². The van der Waals surface area contributed by atoms with Gasteiger partial charge in [-0.15, -0.1) is 16.4 Å². The molecule has 0 radical (unpaired) electrons. The van der Waals surface area contributed by atoms with Crippen LogP contribution in [0.15, 0.2) is 35.6 Å². The van der Waals surface area contributed by atoms with E-state index in [1.54, 1.807) is 40.8 Å². The molecular formula is C15H13N9OS. The number of hydrogen-bond donors (Lipinski definition) is 1. The van der Waals surface area contributed by atoms with E-state index in [1.165, 1.54) is 4.68 Å². The summed E-state index contributed by atoms with van der Waals surface area (Å²) in [5.74, 6) is 0. The maximum atomic E-state index is 12.9. The van der Waals surface area contributed by atoms with Crippen LogP contribution in [0.5, 0.6) is 0 Å². The molecule has 5 rings (SSSR count). The van der Waals surface area contributed by atoms with Crippen molar-refractivity contribution in [3.8, 4) is 0 Å². The summed E-state index contributed by atoms with van der Waals surface area (Å²) in [6, 6.07) is 1.82. The van der Waals surface area contributed by atoms with E-state index in [4.69, 9.17) is 0 Å². The van der Waals surface area contributed by atoms with Gasteiger partial charge >= 0.3 is 0 Å². The normalized spacial score (nSPS) is 11.7. The van der Waals surface area contributed by atoms with Gasteiger partial charge in [0.1, 0.15) is 10.5 Å². The highest BCUT2D eigenvalue weighted by Gasteiger charge is 2.18. The summed E-state index contributed by atoms with van der Waals surface area (Å²) in [6.45, 7) is 0.893. The second-order valence-corrected chi connectivity index (χ2v) is 6.96. The summed E-state index contributed by atoms with van der Waals surface area (Å²) >= 11 is 1.54. The molecule has 0 aliphatic rings. The van der Waals surface area contributed by atoms with Gasteiger partial charge in [-0.05, 0) is 6.07 Å². The number of aryl methyl sites for hydroxylation is 1. The smallest absolute Gasteiger partial charge is 0.291 e. The molecule has 0 aliphatic carbocycles. The molecule has 0 aliphatic heterocycles. The van der Waals surface area contributed by atoms with Crippen LogP contribution in [0.4, 0.5) is 0 Å². The third-order valence-corrected chi connectivity index (χ3v) is 5.28. The predicted molar refractivity (Wildman–Crippen MR) is 95.0 cm³/mol. The summed E-state index contributed by atoms with van der Waals surface area (Å²) in [7, 11) is 1.85. The molecule has 0 unspecified atom stereocenters. The molecule has 5 aromatic rings. The third-order valence-electron chi connectivity index (χ3n) is 4.22. The molecule has 26 heavy (non-hydrogen) atoms. The van der Waals surface area contributed by atoms with Gasteiger partial charge in [0.2, 0.25) is 0 Å². The van der Waals surface area contributed by atoms with Crippen LogP contribution in [-0.2, 0) is 20.1 Å². The SMILES string of the molecule is Cn1c2nc(Cn3ccnn3)sc2c2cnn(Cc3ccn[nH]3)c(=O)c21. The summed E-state index contributed by atoms with van der Waals surface area (Å²) in [4.78, 5) is 17.6. The van der Waals surface area contributed by atoms with Gasteiger partial charge in [0.15, 0.2) is 5.65 Å². The van der Waals surface area contributed by atoms with Gasteiger partial charge in [-0.1, -0.05) is 5.21 Å².